The smallest absolute Gasteiger partial charge is 0.410 e. The molecule has 1 aliphatic heterocycles. The van der Waals surface area contributed by atoms with Crippen LogP contribution in [0.5, 0.6) is 5.75 Å². The molecular weight excluding hydrogens is 442 g/mol. The van der Waals surface area contributed by atoms with E-state index in [0.717, 1.165) is 16.7 Å². The lowest BCUT2D eigenvalue weighted by atomic mass is 9.88. The van der Waals surface area contributed by atoms with Gasteiger partial charge in [-0.05, 0) is 41.3 Å². The van der Waals surface area contributed by atoms with Crippen molar-refractivity contribution in [3.63, 3.8) is 0 Å². The van der Waals surface area contributed by atoms with Gasteiger partial charge in [-0.1, -0.05) is 66.2 Å². The number of nitrogens with zero attached hydrogens (tertiary/aromatic N) is 1. The molecule has 0 saturated carbocycles. The first-order valence-corrected chi connectivity index (χ1v) is 10.9. The summed E-state index contributed by atoms with van der Waals surface area (Å²) in [6.07, 6.45) is 0.253. The molecule has 3 aromatic carbocycles. The highest BCUT2D eigenvalue weighted by molar-refractivity contribution is 6.30. The van der Waals surface area contributed by atoms with E-state index in [-0.39, 0.29) is 13.2 Å². The Morgan fingerprint density at radius 2 is 1.79 bits per heavy atom. The Balaban J connectivity index is 1.68. The number of halogens is 1. The second-order valence-corrected chi connectivity index (χ2v) is 8.06. The van der Waals surface area contributed by atoms with Crippen LogP contribution in [0, 0.1) is 0 Å². The summed E-state index contributed by atoms with van der Waals surface area (Å²) in [6, 6.07) is 22.1. The number of fused-ring (bicyclic) bond motifs is 1. The number of amides is 2. The number of ether oxygens (including phenoxy) is 2. The van der Waals surface area contributed by atoms with Crippen LogP contribution >= 0.6 is 11.6 Å². The third-order valence-electron chi connectivity index (χ3n) is 5.51. The zero-order valence-corrected chi connectivity index (χ0v) is 18.6. The van der Waals surface area contributed by atoms with E-state index in [2.05, 4.69) is 0 Å². The molecule has 7 nitrogen and oxygen atoms in total. The molecule has 0 bridgehead atoms. The van der Waals surface area contributed by atoms with Gasteiger partial charge in [-0.25, -0.2) is 10.6 Å². The van der Waals surface area contributed by atoms with Crippen LogP contribution in [0.3, 0.4) is 0 Å². The number of benzene rings is 3. The number of carbonyl (C=O) groups is 2. The number of nitrogens with one attached hydrogen (secondary N) is 1. The molecule has 1 unspecified atom stereocenters. The van der Waals surface area contributed by atoms with Crippen molar-refractivity contribution >= 4 is 23.6 Å². The summed E-state index contributed by atoms with van der Waals surface area (Å²) < 4.78 is 11.4. The quantitative estimate of drug-likeness (QED) is 0.326. The molecule has 0 aliphatic carbocycles. The van der Waals surface area contributed by atoms with E-state index in [4.69, 9.17) is 26.9 Å². The lowest BCUT2D eigenvalue weighted by Crippen LogP contribution is -2.41. The van der Waals surface area contributed by atoms with Crippen molar-refractivity contribution in [1.82, 2.24) is 10.3 Å². The Morgan fingerprint density at radius 3 is 2.58 bits per heavy atom. The molecule has 4 rings (SSSR count). The number of hydrogen-bond donors (Lipinski definition) is 2. The van der Waals surface area contributed by atoms with Crippen molar-refractivity contribution in [3.05, 3.63) is 100 Å². The van der Waals surface area contributed by atoms with Gasteiger partial charge < -0.3 is 9.47 Å². The van der Waals surface area contributed by atoms with Crippen molar-refractivity contribution in [2.75, 3.05) is 13.2 Å². The Kier molecular flexibility index (Phi) is 7.12. The van der Waals surface area contributed by atoms with Gasteiger partial charge in [0, 0.05) is 17.1 Å². The van der Waals surface area contributed by atoms with E-state index in [1.165, 1.54) is 0 Å². The molecule has 33 heavy (non-hydrogen) atoms. The predicted octanol–water partition coefficient (Wildman–Crippen LogP) is 3.99. The van der Waals surface area contributed by atoms with Crippen LogP contribution in [0.1, 0.15) is 28.3 Å². The highest BCUT2D eigenvalue weighted by Gasteiger charge is 2.35. The zero-order valence-electron chi connectivity index (χ0n) is 17.9. The van der Waals surface area contributed by atoms with Gasteiger partial charge >= 0.3 is 6.09 Å². The summed E-state index contributed by atoms with van der Waals surface area (Å²) in [6.45, 7) is 0.364. The number of hydrazine groups is 1. The van der Waals surface area contributed by atoms with Crippen molar-refractivity contribution in [3.8, 4) is 5.75 Å². The third kappa shape index (κ3) is 5.27. The van der Waals surface area contributed by atoms with Crippen LogP contribution in [0.4, 0.5) is 4.79 Å². The van der Waals surface area contributed by atoms with Crippen LogP contribution < -0.4 is 16.0 Å². The maximum absolute atomic E-state index is 13.2. The SMILES string of the molecule is NNC(=O)COc1ccc(Cl)cc1C1c2ccccc2CCN1C(=O)OCc1ccccc1. The van der Waals surface area contributed by atoms with E-state index in [0.29, 0.717) is 29.3 Å². The molecule has 1 heterocycles. The van der Waals surface area contributed by atoms with Gasteiger partial charge in [-0.3, -0.25) is 15.1 Å². The standard InChI is InChI=1S/C25H24ClN3O4/c26-19-10-11-22(32-16-23(30)28-27)21(14-19)24-20-9-5-4-8-18(20)12-13-29(24)25(31)33-15-17-6-2-1-3-7-17/h1-11,14,24H,12-13,15-16,27H2,(H,28,30). The molecule has 0 aromatic heterocycles. The Bertz CT molecular complexity index is 1140. The largest absolute Gasteiger partial charge is 0.483 e. The van der Waals surface area contributed by atoms with Gasteiger partial charge in [-0.15, -0.1) is 0 Å². The topological polar surface area (TPSA) is 93.9 Å². The van der Waals surface area contributed by atoms with Gasteiger partial charge in [0.1, 0.15) is 12.4 Å². The molecule has 0 radical (unpaired) electrons. The molecule has 1 atom stereocenters. The lowest BCUT2D eigenvalue weighted by molar-refractivity contribution is -0.123. The number of carbonyl (C=O) groups excluding carboxylic acids is 2. The molecular formula is C25H24ClN3O4. The van der Waals surface area contributed by atoms with Crippen LogP contribution in [0.25, 0.3) is 0 Å². The second-order valence-electron chi connectivity index (χ2n) is 7.62. The maximum Gasteiger partial charge on any atom is 0.410 e. The van der Waals surface area contributed by atoms with Crippen molar-refractivity contribution < 1.29 is 19.1 Å². The summed E-state index contributed by atoms with van der Waals surface area (Å²) in [5.74, 6) is 5.14. The molecule has 0 saturated heterocycles. The molecule has 170 valence electrons. The first kappa shape index (κ1) is 22.6. The summed E-state index contributed by atoms with van der Waals surface area (Å²) in [4.78, 5) is 26.6. The fourth-order valence-corrected chi connectivity index (χ4v) is 4.13. The number of hydrogen-bond acceptors (Lipinski definition) is 5. The molecule has 0 spiro atoms. The van der Waals surface area contributed by atoms with Crippen molar-refractivity contribution in [2.45, 2.75) is 19.1 Å². The monoisotopic (exact) mass is 465 g/mol. The minimum absolute atomic E-state index is 0.167. The van der Waals surface area contributed by atoms with E-state index in [1.807, 2.05) is 60.0 Å². The molecule has 0 fully saturated rings. The Hall–Kier alpha value is -3.55. The van der Waals surface area contributed by atoms with E-state index < -0.39 is 18.0 Å². The van der Waals surface area contributed by atoms with E-state index in [1.54, 1.807) is 23.1 Å². The molecule has 3 aromatic rings. The molecule has 3 N–H and O–H groups in total. The van der Waals surface area contributed by atoms with E-state index >= 15 is 0 Å². The first-order chi connectivity index (χ1) is 16.1. The molecule has 2 amide bonds. The van der Waals surface area contributed by atoms with E-state index in [9.17, 15) is 9.59 Å². The summed E-state index contributed by atoms with van der Waals surface area (Å²) in [5, 5.41) is 0.487. The normalized spacial score (nSPS) is 14.8. The van der Waals surface area contributed by atoms with Crippen molar-refractivity contribution in [2.24, 2.45) is 5.84 Å². The number of nitrogens with two attached hydrogens (primary N) is 1. The summed E-state index contributed by atoms with van der Waals surface area (Å²) >= 11 is 6.33. The van der Waals surface area contributed by atoms with Gasteiger partial charge in [0.15, 0.2) is 6.61 Å². The lowest BCUT2D eigenvalue weighted by Gasteiger charge is -2.37. The Morgan fingerprint density at radius 1 is 1.03 bits per heavy atom. The van der Waals surface area contributed by atoms with Crippen LogP contribution in [-0.2, 0) is 22.6 Å². The maximum atomic E-state index is 13.2. The second kappa shape index (κ2) is 10.4. The highest BCUT2D eigenvalue weighted by Crippen LogP contribution is 2.40. The molecule has 8 heteroatoms. The molecule has 1 aliphatic rings. The Labute approximate surface area is 197 Å². The fraction of sp³-hybridized carbons (Fsp3) is 0.200. The third-order valence-corrected chi connectivity index (χ3v) is 5.74. The van der Waals surface area contributed by atoms with Crippen LogP contribution in [-0.4, -0.2) is 30.1 Å². The average molecular weight is 466 g/mol. The van der Waals surface area contributed by atoms with Gasteiger partial charge in [-0.2, -0.15) is 0 Å². The van der Waals surface area contributed by atoms with Crippen LogP contribution in [0.2, 0.25) is 5.02 Å². The minimum Gasteiger partial charge on any atom is -0.483 e. The van der Waals surface area contributed by atoms with Gasteiger partial charge in [0.25, 0.3) is 5.91 Å². The minimum atomic E-state index is -0.493. The van der Waals surface area contributed by atoms with Crippen molar-refractivity contribution in [1.29, 1.82) is 0 Å². The fourth-order valence-electron chi connectivity index (χ4n) is 3.95. The van der Waals surface area contributed by atoms with Gasteiger partial charge in [0.05, 0.1) is 6.04 Å². The highest BCUT2D eigenvalue weighted by atomic mass is 35.5. The van der Waals surface area contributed by atoms with Crippen LogP contribution in [0.15, 0.2) is 72.8 Å². The summed E-state index contributed by atoms with van der Waals surface area (Å²) in [5.41, 5.74) is 5.69. The first-order valence-electron chi connectivity index (χ1n) is 10.5. The average Bonchev–Trinajstić information content (AvgIpc) is 2.86. The predicted molar refractivity (Wildman–Crippen MR) is 125 cm³/mol. The summed E-state index contributed by atoms with van der Waals surface area (Å²) in [7, 11) is 0. The van der Waals surface area contributed by atoms with Gasteiger partial charge in [0.2, 0.25) is 0 Å². The zero-order chi connectivity index (χ0) is 23.2. The number of rotatable bonds is 6.